The fraction of sp³-hybridized carbons (Fsp3) is 0.588. The lowest BCUT2D eigenvalue weighted by atomic mass is 9.91. The minimum atomic E-state index is 0.145. The number of carbonyl (C=O) groups is 1. The Morgan fingerprint density at radius 1 is 1.52 bits per heavy atom. The van der Waals surface area contributed by atoms with Crippen LogP contribution in [0.5, 0.6) is 5.75 Å². The fourth-order valence-electron chi connectivity index (χ4n) is 3.61. The summed E-state index contributed by atoms with van der Waals surface area (Å²) in [5.74, 6) is 1.75. The molecule has 21 heavy (non-hydrogen) atoms. The Kier molecular flexibility index (Phi) is 4.25. The van der Waals surface area contributed by atoms with Crippen LogP contribution in [0.15, 0.2) is 10.5 Å². The average Bonchev–Trinajstić information content (AvgIpc) is 3.02. The monoisotopic (exact) mass is 351 g/mol. The van der Waals surface area contributed by atoms with Crippen LogP contribution in [-0.4, -0.2) is 18.6 Å². The van der Waals surface area contributed by atoms with Gasteiger partial charge in [-0.25, -0.2) is 0 Å². The predicted molar refractivity (Wildman–Crippen MR) is 86.9 cm³/mol. The lowest BCUT2D eigenvalue weighted by Crippen LogP contribution is -2.24. The number of benzene rings is 1. The Morgan fingerprint density at radius 2 is 2.33 bits per heavy atom. The van der Waals surface area contributed by atoms with E-state index in [4.69, 9.17) is 4.74 Å². The molecule has 3 rings (SSSR count). The van der Waals surface area contributed by atoms with Crippen molar-refractivity contribution >= 4 is 21.8 Å². The Hall–Kier alpha value is -1.03. The predicted octanol–water partition coefficient (Wildman–Crippen LogP) is 3.72. The lowest BCUT2D eigenvalue weighted by Gasteiger charge is -2.16. The van der Waals surface area contributed by atoms with Gasteiger partial charge in [0.15, 0.2) is 0 Å². The molecule has 3 nitrogen and oxygen atoms in total. The van der Waals surface area contributed by atoms with E-state index >= 15 is 0 Å². The standard InChI is InChI=1S/C17H22BrNO2/c1-3-15(20)19-7-6-11-4-5-12-9-14(18)17-13(16(11)12)8-10(2)21-17/h9-11H,3-8H2,1-2H3,(H,19,20). The summed E-state index contributed by atoms with van der Waals surface area (Å²) < 4.78 is 7.05. The van der Waals surface area contributed by atoms with E-state index in [-0.39, 0.29) is 12.0 Å². The third-order valence-electron chi connectivity index (χ3n) is 4.58. The molecule has 0 radical (unpaired) electrons. The molecule has 2 atom stereocenters. The van der Waals surface area contributed by atoms with Crippen LogP contribution in [0.25, 0.3) is 0 Å². The molecule has 1 N–H and O–H groups in total. The van der Waals surface area contributed by atoms with Crippen molar-refractivity contribution in [1.29, 1.82) is 0 Å². The molecule has 0 fully saturated rings. The van der Waals surface area contributed by atoms with Crippen LogP contribution >= 0.6 is 15.9 Å². The Bertz CT molecular complexity index is 570. The van der Waals surface area contributed by atoms with E-state index in [0.29, 0.717) is 12.3 Å². The highest BCUT2D eigenvalue weighted by Crippen LogP contribution is 2.47. The Morgan fingerprint density at radius 3 is 3.10 bits per heavy atom. The van der Waals surface area contributed by atoms with Crippen LogP contribution in [0, 0.1) is 0 Å². The molecule has 2 unspecified atom stereocenters. The van der Waals surface area contributed by atoms with Gasteiger partial charge in [-0.3, -0.25) is 4.79 Å². The number of amides is 1. The molecule has 1 aliphatic carbocycles. The highest BCUT2D eigenvalue weighted by atomic mass is 79.9. The van der Waals surface area contributed by atoms with E-state index < -0.39 is 0 Å². The summed E-state index contributed by atoms with van der Waals surface area (Å²) in [7, 11) is 0. The molecule has 1 aliphatic heterocycles. The van der Waals surface area contributed by atoms with Gasteiger partial charge in [-0.2, -0.15) is 0 Å². The van der Waals surface area contributed by atoms with E-state index in [2.05, 4.69) is 34.2 Å². The van der Waals surface area contributed by atoms with Crippen molar-refractivity contribution in [2.45, 2.75) is 58.0 Å². The molecule has 1 aromatic carbocycles. The summed E-state index contributed by atoms with van der Waals surface area (Å²) in [5.41, 5.74) is 4.37. The zero-order valence-corrected chi connectivity index (χ0v) is 14.3. The summed E-state index contributed by atoms with van der Waals surface area (Å²) in [5, 5.41) is 3.00. The summed E-state index contributed by atoms with van der Waals surface area (Å²) in [4.78, 5) is 11.4. The third kappa shape index (κ3) is 2.83. The van der Waals surface area contributed by atoms with Crippen molar-refractivity contribution in [3.63, 3.8) is 0 Å². The number of carbonyl (C=O) groups excluding carboxylic acids is 1. The van der Waals surface area contributed by atoms with Gasteiger partial charge in [0.05, 0.1) is 4.47 Å². The number of hydrogen-bond acceptors (Lipinski definition) is 2. The molecule has 0 saturated heterocycles. The molecular formula is C17H22BrNO2. The normalized spacial score (nSPS) is 22.6. The zero-order chi connectivity index (χ0) is 15.0. The third-order valence-corrected chi connectivity index (χ3v) is 5.17. The molecule has 0 saturated carbocycles. The topological polar surface area (TPSA) is 38.3 Å². The fourth-order valence-corrected chi connectivity index (χ4v) is 4.22. The smallest absolute Gasteiger partial charge is 0.219 e. The molecule has 0 aromatic heterocycles. The summed E-state index contributed by atoms with van der Waals surface area (Å²) in [6.45, 7) is 4.80. The maximum absolute atomic E-state index is 11.4. The molecule has 0 bridgehead atoms. The molecule has 0 spiro atoms. The lowest BCUT2D eigenvalue weighted by molar-refractivity contribution is -0.120. The average molecular weight is 352 g/mol. The molecule has 1 aromatic rings. The second-order valence-electron chi connectivity index (χ2n) is 6.10. The van der Waals surface area contributed by atoms with Gasteiger partial charge in [-0.1, -0.05) is 6.92 Å². The number of hydrogen-bond donors (Lipinski definition) is 1. The van der Waals surface area contributed by atoms with E-state index in [0.717, 1.165) is 36.0 Å². The first-order valence-corrected chi connectivity index (χ1v) is 8.67. The van der Waals surface area contributed by atoms with Crippen molar-refractivity contribution in [2.24, 2.45) is 0 Å². The van der Waals surface area contributed by atoms with Gasteiger partial charge >= 0.3 is 0 Å². The minimum Gasteiger partial charge on any atom is -0.489 e. The van der Waals surface area contributed by atoms with Crippen molar-refractivity contribution in [3.05, 3.63) is 27.2 Å². The number of fused-ring (bicyclic) bond motifs is 3. The Balaban J connectivity index is 1.79. The maximum Gasteiger partial charge on any atom is 0.219 e. The molecule has 114 valence electrons. The second kappa shape index (κ2) is 5.99. The van der Waals surface area contributed by atoms with Crippen LogP contribution < -0.4 is 10.1 Å². The van der Waals surface area contributed by atoms with E-state index in [1.54, 1.807) is 0 Å². The number of nitrogens with one attached hydrogen (secondary N) is 1. The first-order valence-electron chi connectivity index (χ1n) is 7.87. The van der Waals surface area contributed by atoms with Crippen molar-refractivity contribution in [3.8, 4) is 5.75 Å². The summed E-state index contributed by atoms with van der Waals surface area (Å²) in [6, 6.07) is 2.23. The van der Waals surface area contributed by atoms with Crippen LogP contribution in [-0.2, 0) is 17.6 Å². The van der Waals surface area contributed by atoms with Gasteiger partial charge in [0.1, 0.15) is 11.9 Å². The van der Waals surface area contributed by atoms with E-state index in [1.165, 1.54) is 23.1 Å². The molecule has 1 heterocycles. The number of rotatable bonds is 4. The summed E-state index contributed by atoms with van der Waals surface area (Å²) in [6.07, 6.45) is 5.20. The van der Waals surface area contributed by atoms with Gasteiger partial charge < -0.3 is 10.1 Å². The minimum absolute atomic E-state index is 0.145. The molecule has 2 aliphatic rings. The number of halogens is 1. The van der Waals surface area contributed by atoms with Gasteiger partial charge in [0.2, 0.25) is 5.91 Å². The highest BCUT2D eigenvalue weighted by molar-refractivity contribution is 9.10. The SMILES string of the molecule is CCC(=O)NCCC1CCc2cc(Br)c3c(c21)CC(C)O3. The molecule has 4 heteroatoms. The quantitative estimate of drug-likeness (QED) is 0.897. The first kappa shape index (κ1) is 14.9. The van der Waals surface area contributed by atoms with Gasteiger partial charge in [-0.05, 0) is 65.2 Å². The van der Waals surface area contributed by atoms with Crippen molar-refractivity contribution < 1.29 is 9.53 Å². The van der Waals surface area contributed by atoms with Crippen molar-refractivity contribution in [1.82, 2.24) is 5.32 Å². The Labute approximate surface area is 134 Å². The van der Waals surface area contributed by atoms with Gasteiger partial charge in [0.25, 0.3) is 0 Å². The van der Waals surface area contributed by atoms with Crippen LogP contribution in [0.1, 0.15) is 55.7 Å². The first-order chi connectivity index (χ1) is 10.1. The summed E-state index contributed by atoms with van der Waals surface area (Å²) >= 11 is 3.65. The van der Waals surface area contributed by atoms with Gasteiger partial charge in [0, 0.05) is 24.9 Å². The van der Waals surface area contributed by atoms with Crippen LogP contribution in [0.2, 0.25) is 0 Å². The van der Waals surface area contributed by atoms with Crippen molar-refractivity contribution in [2.75, 3.05) is 6.54 Å². The second-order valence-corrected chi connectivity index (χ2v) is 6.95. The van der Waals surface area contributed by atoms with Crippen LogP contribution in [0.3, 0.4) is 0 Å². The maximum atomic E-state index is 11.4. The zero-order valence-electron chi connectivity index (χ0n) is 12.7. The highest BCUT2D eigenvalue weighted by Gasteiger charge is 2.33. The van der Waals surface area contributed by atoms with E-state index in [1.807, 2.05) is 6.92 Å². The van der Waals surface area contributed by atoms with E-state index in [9.17, 15) is 4.79 Å². The molecule has 1 amide bonds. The van der Waals surface area contributed by atoms with Crippen LogP contribution in [0.4, 0.5) is 0 Å². The number of aryl methyl sites for hydroxylation is 1. The molecular weight excluding hydrogens is 330 g/mol. The number of ether oxygens (including phenoxy) is 1. The largest absolute Gasteiger partial charge is 0.489 e. The van der Waals surface area contributed by atoms with Gasteiger partial charge in [-0.15, -0.1) is 0 Å².